The van der Waals surface area contributed by atoms with Gasteiger partial charge < -0.3 is 10.2 Å². The summed E-state index contributed by atoms with van der Waals surface area (Å²) < 4.78 is 42.5. The number of piperidine rings is 1. The van der Waals surface area contributed by atoms with Gasteiger partial charge in [0.1, 0.15) is 23.6 Å². The number of pyridine rings is 1. The van der Waals surface area contributed by atoms with Crippen molar-refractivity contribution in [1.82, 2.24) is 19.4 Å². The maximum Gasteiger partial charge on any atom is 0.266 e. The first-order valence-corrected chi connectivity index (χ1v) is 11.7. The molecule has 0 saturated carbocycles. The topological polar surface area (TPSA) is 80.1 Å². The molecule has 1 N–H and O–H groups in total. The van der Waals surface area contributed by atoms with E-state index in [9.17, 15) is 22.8 Å². The Kier molecular flexibility index (Phi) is 7.09. The summed E-state index contributed by atoms with van der Waals surface area (Å²) in [6.45, 7) is 4.67. The lowest BCUT2D eigenvalue weighted by Gasteiger charge is -2.32. The van der Waals surface area contributed by atoms with Crippen molar-refractivity contribution >= 4 is 22.8 Å². The molecule has 0 bridgehead atoms. The third kappa shape index (κ3) is 4.74. The fourth-order valence-electron chi connectivity index (χ4n) is 4.72. The van der Waals surface area contributed by atoms with Crippen LogP contribution in [0.15, 0.2) is 35.4 Å². The lowest BCUT2D eigenvalue weighted by Crippen LogP contribution is -2.38. The van der Waals surface area contributed by atoms with Crippen molar-refractivity contribution in [3.05, 3.63) is 63.5 Å². The van der Waals surface area contributed by atoms with Crippen LogP contribution in [0.1, 0.15) is 68.2 Å². The summed E-state index contributed by atoms with van der Waals surface area (Å²) in [6, 6.07) is 5.01. The Hall–Kier alpha value is -3.43. The number of aromatic nitrogens is 3. The molecular weight excluding hydrogens is 459 g/mol. The van der Waals surface area contributed by atoms with E-state index in [1.54, 1.807) is 20.0 Å². The van der Waals surface area contributed by atoms with E-state index in [1.165, 1.54) is 23.0 Å². The van der Waals surface area contributed by atoms with Crippen molar-refractivity contribution in [2.75, 3.05) is 18.4 Å². The van der Waals surface area contributed by atoms with E-state index in [-0.39, 0.29) is 22.9 Å². The quantitative estimate of drug-likeness (QED) is 0.546. The lowest BCUT2D eigenvalue weighted by molar-refractivity contribution is -0.131. The van der Waals surface area contributed by atoms with Crippen molar-refractivity contribution in [3.63, 3.8) is 0 Å². The average Bonchev–Trinajstić information content (AvgIpc) is 2.86. The van der Waals surface area contributed by atoms with E-state index in [0.717, 1.165) is 6.07 Å². The van der Waals surface area contributed by atoms with Crippen LogP contribution in [-0.4, -0.2) is 38.4 Å². The number of carbonyl (C=O) groups excluding carboxylic acids is 1. The van der Waals surface area contributed by atoms with E-state index in [4.69, 9.17) is 0 Å². The first-order valence-electron chi connectivity index (χ1n) is 11.7. The molecule has 1 atom stereocenters. The van der Waals surface area contributed by atoms with Crippen LogP contribution < -0.4 is 10.9 Å². The molecule has 0 aliphatic carbocycles. The maximum absolute atomic E-state index is 14.7. The minimum Gasteiger partial charge on any atom is -0.363 e. The van der Waals surface area contributed by atoms with Gasteiger partial charge in [-0.2, -0.15) is 0 Å². The van der Waals surface area contributed by atoms with Gasteiger partial charge in [0, 0.05) is 37.7 Å². The number of hydrogen-bond donors (Lipinski definition) is 1. The zero-order valence-electron chi connectivity index (χ0n) is 19.9. The number of fused-ring (bicyclic) bond motifs is 1. The molecule has 0 radical (unpaired) electrons. The van der Waals surface area contributed by atoms with Crippen molar-refractivity contribution < 1.29 is 18.0 Å². The smallest absolute Gasteiger partial charge is 0.266 e. The van der Waals surface area contributed by atoms with E-state index >= 15 is 0 Å². The molecule has 35 heavy (non-hydrogen) atoms. The highest BCUT2D eigenvalue weighted by Gasteiger charge is 2.27. The van der Waals surface area contributed by atoms with Gasteiger partial charge in [-0.1, -0.05) is 25.1 Å². The number of amides is 1. The van der Waals surface area contributed by atoms with Crippen LogP contribution in [0.4, 0.5) is 19.0 Å². The molecule has 7 nitrogen and oxygen atoms in total. The molecule has 0 unspecified atom stereocenters. The largest absolute Gasteiger partial charge is 0.363 e. The molecule has 1 saturated heterocycles. The van der Waals surface area contributed by atoms with Gasteiger partial charge in [0.05, 0.1) is 17.0 Å². The van der Waals surface area contributed by atoms with Crippen LogP contribution in [-0.2, 0) is 11.8 Å². The summed E-state index contributed by atoms with van der Waals surface area (Å²) in [5.74, 6) is -0.501. The second-order valence-corrected chi connectivity index (χ2v) is 8.85. The number of halogens is 3. The number of carbonyl (C=O) groups is 1. The zero-order valence-corrected chi connectivity index (χ0v) is 19.9. The second-order valence-electron chi connectivity index (χ2n) is 8.85. The number of nitrogens with zero attached hydrogens (tertiary/aromatic N) is 4. The van der Waals surface area contributed by atoms with E-state index in [0.29, 0.717) is 54.8 Å². The number of rotatable bonds is 6. The Morgan fingerprint density at radius 2 is 1.89 bits per heavy atom. The molecule has 3 aromatic rings. The third-order valence-electron chi connectivity index (χ3n) is 6.74. The minimum atomic E-state index is -2.92. The van der Waals surface area contributed by atoms with Gasteiger partial charge in [-0.3, -0.25) is 14.2 Å². The first kappa shape index (κ1) is 24.7. The van der Waals surface area contributed by atoms with Crippen LogP contribution >= 0.6 is 0 Å². The third-order valence-corrected chi connectivity index (χ3v) is 6.74. The number of alkyl halides is 2. The van der Waals surface area contributed by atoms with Gasteiger partial charge in [-0.15, -0.1) is 0 Å². The molecule has 4 rings (SSSR count). The van der Waals surface area contributed by atoms with Gasteiger partial charge in [0.25, 0.3) is 12.0 Å². The standard InChI is InChI=1S/C25H28F3N5O2/c1-4-20(34)33-10-8-15(9-11-33)18-12-19-23(29-13-30-24(19)32(3)25(18)35)31-14(2)16-6-5-7-17(21(16)26)22(27)28/h5-7,12-15,22H,4,8-11H2,1-3H3,(H,29,30,31)/t14-/m1/s1. The lowest BCUT2D eigenvalue weighted by atomic mass is 9.89. The van der Waals surface area contributed by atoms with Crippen molar-refractivity contribution in [3.8, 4) is 0 Å². The fourth-order valence-corrected chi connectivity index (χ4v) is 4.72. The first-order chi connectivity index (χ1) is 16.7. The number of aryl methyl sites for hydroxylation is 1. The highest BCUT2D eigenvalue weighted by atomic mass is 19.3. The maximum atomic E-state index is 14.7. The Balaban J connectivity index is 1.68. The number of benzene rings is 1. The summed E-state index contributed by atoms with van der Waals surface area (Å²) in [5.41, 5.74) is 0.295. The Morgan fingerprint density at radius 3 is 2.54 bits per heavy atom. The summed E-state index contributed by atoms with van der Waals surface area (Å²) in [7, 11) is 1.63. The molecule has 0 spiro atoms. The number of nitrogens with one attached hydrogen (secondary N) is 1. The van der Waals surface area contributed by atoms with E-state index < -0.39 is 23.8 Å². The van der Waals surface area contributed by atoms with Gasteiger partial charge in [0.2, 0.25) is 5.91 Å². The van der Waals surface area contributed by atoms with Crippen LogP contribution in [0.25, 0.3) is 11.0 Å². The van der Waals surface area contributed by atoms with Gasteiger partial charge in [0.15, 0.2) is 0 Å². The van der Waals surface area contributed by atoms with Gasteiger partial charge in [-0.05, 0) is 31.7 Å². The molecule has 1 fully saturated rings. The van der Waals surface area contributed by atoms with Crippen molar-refractivity contribution in [2.45, 2.75) is 51.5 Å². The van der Waals surface area contributed by atoms with Crippen molar-refractivity contribution in [1.29, 1.82) is 0 Å². The molecule has 186 valence electrons. The number of hydrogen-bond acceptors (Lipinski definition) is 5. The fraction of sp³-hybridized carbons (Fsp3) is 0.440. The highest BCUT2D eigenvalue weighted by molar-refractivity contribution is 5.87. The van der Waals surface area contributed by atoms with Crippen LogP contribution in [0, 0.1) is 5.82 Å². The summed E-state index contributed by atoms with van der Waals surface area (Å²) in [5, 5.41) is 3.69. The molecule has 2 aromatic heterocycles. The summed E-state index contributed by atoms with van der Waals surface area (Å²) >= 11 is 0. The summed E-state index contributed by atoms with van der Waals surface area (Å²) in [4.78, 5) is 35.5. The predicted octanol–water partition coefficient (Wildman–Crippen LogP) is 4.69. The highest BCUT2D eigenvalue weighted by Crippen LogP contribution is 2.32. The predicted molar refractivity (Wildman–Crippen MR) is 127 cm³/mol. The van der Waals surface area contributed by atoms with Crippen LogP contribution in [0.5, 0.6) is 0 Å². The van der Waals surface area contributed by atoms with E-state index in [2.05, 4.69) is 15.3 Å². The Morgan fingerprint density at radius 1 is 1.20 bits per heavy atom. The Bertz CT molecular complexity index is 1300. The summed E-state index contributed by atoms with van der Waals surface area (Å²) in [6.07, 6.45) is 0.180. The van der Waals surface area contributed by atoms with Crippen LogP contribution in [0.3, 0.4) is 0 Å². The van der Waals surface area contributed by atoms with Gasteiger partial charge in [-0.25, -0.2) is 23.1 Å². The van der Waals surface area contributed by atoms with E-state index in [1.807, 2.05) is 11.8 Å². The molecule has 1 aliphatic heterocycles. The molecule has 1 aromatic carbocycles. The number of likely N-dealkylation sites (tertiary alicyclic amines) is 1. The minimum absolute atomic E-state index is 0.0235. The number of anilines is 1. The molecule has 1 amide bonds. The normalized spacial score (nSPS) is 15.6. The van der Waals surface area contributed by atoms with Crippen molar-refractivity contribution in [2.24, 2.45) is 7.05 Å². The molecule has 10 heteroatoms. The Labute approximate surface area is 201 Å². The molecule has 3 heterocycles. The average molecular weight is 488 g/mol. The monoisotopic (exact) mass is 487 g/mol. The van der Waals surface area contributed by atoms with Gasteiger partial charge >= 0.3 is 0 Å². The van der Waals surface area contributed by atoms with Crippen LogP contribution in [0.2, 0.25) is 0 Å². The zero-order chi connectivity index (χ0) is 25.3. The molecular formula is C25H28F3N5O2. The molecule has 1 aliphatic rings. The second kappa shape index (κ2) is 10.1. The SMILES string of the molecule is CCC(=O)N1CCC(c2cc3c(N[C@H](C)c4cccc(C(F)F)c4F)ncnc3n(C)c2=O)CC1.